The molecule has 1 N–H and O–H groups in total. The van der Waals surface area contributed by atoms with Gasteiger partial charge in [-0.05, 0) is 18.6 Å². The number of sulfone groups is 1. The van der Waals surface area contributed by atoms with Crippen LogP contribution in [0.25, 0.3) is 0 Å². The number of aryl methyl sites for hydroxylation is 1. The molecule has 0 aliphatic rings. The molecule has 0 bridgehead atoms. The molecule has 0 aromatic carbocycles. The summed E-state index contributed by atoms with van der Waals surface area (Å²) in [5.74, 6) is -0.737. The number of rotatable bonds is 5. The van der Waals surface area contributed by atoms with Crippen molar-refractivity contribution in [3.63, 3.8) is 0 Å². The van der Waals surface area contributed by atoms with Crippen LogP contribution in [0, 0.1) is 6.92 Å². The molecule has 0 fully saturated rings. The van der Waals surface area contributed by atoms with Gasteiger partial charge in [0.2, 0.25) is 0 Å². The van der Waals surface area contributed by atoms with Gasteiger partial charge >= 0.3 is 5.97 Å². The summed E-state index contributed by atoms with van der Waals surface area (Å²) >= 11 is 1.15. The maximum absolute atomic E-state index is 11.0. The molecule has 0 aliphatic heterocycles. The second kappa shape index (κ2) is 5.50. The standard InChI is InChI=1S/C10H13NO4S2/c1-7-3-4-11-9(8(7)10(12)13)16-5-6-17(2,14)15/h3-4H,5-6H2,1-2H3,(H,12,13). The lowest BCUT2D eigenvalue weighted by Gasteiger charge is -2.06. The van der Waals surface area contributed by atoms with E-state index in [-0.39, 0.29) is 11.3 Å². The summed E-state index contributed by atoms with van der Waals surface area (Å²) in [7, 11) is -3.03. The number of hydrogen-bond donors (Lipinski definition) is 1. The first-order valence-electron chi connectivity index (χ1n) is 4.80. The van der Waals surface area contributed by atoms with Crippen molar-refractivity contribution in [2.24, 2.45) is 0 Å². The lowest BCUT2D eigenvalue weighted by molar-refractivity contribution is 0.0691. The van der Waals surface area contributed by atoms with Crippen LogP contribution in [-0.2, 0) is 9.84 Å². The second-order valence-corrected chi connectivity index (χ2v) is 6.93. The van der Waals surface area contributed by atoms with E-state index in [0.717, 1.165) is 18.0 Å². The normalized spacial score (nSPS) is 11.4. The highest BCUT2D eigenvalue weighted by atomic mass is 32.2. The molecule has 0 aliphatic carbocycles. The van der Waals surface area contributed by atoms with Gasteiger partial charge in [0, 0.05) is 18.2 Å². The minimum atomic E-state index is -3.03. The lowest BCUT2D eigenvalue weighted by atomic mass is 10.2. The van der Waals surface area contributed by atoms with Gasteiger partial charge in [-0.3, -0.25) is 0 Å². The van der Waals surface area contributed by atoms with Crippen molar-refractivity contribution in [2.75, 3.05) is 17.8 Å². The minimum absolute atomic E-state index is 0.00630. The third-order valence-electron chi connectivity index (χ3n) is 2.03. The molecular weight excluding hydrogens is 262 g/mol. The predicted molar refractivity (Wildman–Crippen MR) is 66.4 cm³/mol. The lowest BCUT2D eigenvalue weighted by Crippen LogP contribution is -2.08. The molecule has 1 rings (SSSR count). The third kappa shape index (κ3) is 4.35. The zero-order chi connectivity index (χ0) is 13.1. The molecule has 0 unspecified atom stereocenters. The quantitative estimate of drug-likeness (QED) is 0.813. The van der Waals surface area contributed by atoms with Gasteiger partial charge in [-0.25, -0.2) is 18.2 Å². The molecule has 1 aromatic rings. The van der Waals surface area contributed by atoms with Crippen molar-refractivity contribution >= 4 is 27.6 Å². The van der Waals surface area contributed by atoms with Crippen LogP contribution in [0.5, 0.6) is 0 Å². The Morgan fingerprint density at radius 1 is 1.53 bits per heavy atom. The van der Waals surface area contributed by atoms with Crippen molar-refractivity contribution in [1.82, 2.24) is 4.98 Å². The maximum atomic E-state index is 11.0. The van der Waals surface area contributed by atoms with E-state index in [9.17, 15) is 13.2 Å². The Morgan fingerprint density at radius 2 is 2.18 bits per heavy atom. The van der Waals surface area contributed by atoms with Gasteiger partial charge in [-0.15, -0.1) is 11.8 Å². The Balaban J connectivity index is 2.85. The topological polar surface area (TPSA) is 84.3 Å². The molecule has 0 radical (unpaired) electrons. The van der Waals surface area contributed by atoms with Gasteiger partial charge in [0.1, 0.15) is 14.9 Å². The monoisotopic (exact) mass is 275 g/mol. The first kappa shape index (κ1) is 14.0. The molecule has 0 amide bonds. The fraction of sp³-hybridized carbons (Fsp3) is 0.400. The molecule has 0 saturated heterocycles. The van der Waals surface area contributed by atoms with E-state index in [1.165, 1.54) is 6.20 Å². The SMILES string of the molecule is Cc1ccnc(SCCS(C)(=O)=O)c1C(=O)O. The number of hydrogen-bond acceptors (Lipinski definition) is 5. The number of carboxylic acids is 1. The molecular formula is C10H13NO4S2. The van der Waals surface area contributed by atoms with Gasteiger partial charge in [-0.2, -0.15) is 0 Å². The Hall–Kier alpha value is -1.08. The Bertz CT molecular complexity index is 525. The number of carbonyl (C=O) groups is 1. The van der Waals surface area contributed by atoms with E-state index in [0.29, 0.717) is 16.3 Å². The third-order valence-corrected chi connectivity index (χ3v) is 4.23. The van der Waals surface area contributed by atoms with Crippen molar-refractivity contribution in [3.05, 3.63) is 23.4 Å². The number of pyridine rings is 1. The first-order valence-corrected chi connectivity index (χ1v) is 7.85. The summed E-state index contributed by atoms with van der Waals surface area (Å²) in [5, 5.41) is 9.40. The fourth-order valence-electron chi connectivity index (χ4n) is 1.19. The van der Waals surface area contributed by atoms with Crippen LogP contribution in [-0.4, -0.2) is 42.2 Å². The summed E-state index contributed by atoms with van der Waals surface area (Å²) in [6.07, 6.45) is 2.67. The maximum Gasteiger partial charge on any atom is 0.338 e. The number of thioether (sulfide) groups is 1. The van der Waals surface area contributed by atoms with Gasteiger partial charge in [-0.1, -0.05) is 0 Å². The summed E-state index contributed by atoms with van der Waals surface area (Å²) < 4.78 is 21.9. The van der Waals surface area contributed by atoms with Crippen molar-refractivity contribution in [2.45, 2.75) is 11.9 Å². The minimum Gasteiger partial charge on any atom is -0.478 e. The molecule has 0 saturated carbocycles. The average Bonchev–Trinajstić information content (AvgIpc) is 2.14. The second-order valence-electron chi connectivity index (χ2n) is 3.59. The molecule has 1 aromatic heterocycles. The molecule has 7 heteroatoms. The van der Waals surface area contributed by atoms with Crippen LogP contribution in [0.1, 0.15) is 15.9 Å². The van der Waals surface area contributed by atoms with Crippen LogP contribution in [0.2, 0.25) is 0 Å². The molecule has 1 heterocycles. The average molecular weight is 275 g/mol. The zero-order valence-electron chi connectivity index (χ0n) is 9.50. The Kier molecular flexibility index (Phi) is 4.53. The highest BCUT2D eigenvalue weighted by Gasteiger charge is 2.15. The zero-order valence-corrected chi connectivity index (χ0v) is 11.1. The van der Waals surface area contributed by atoms with E-state index in [1.807, 2.05) is 0 Å². The Labute approximate surface area is 104 Å². The van der Waals surface area contributed by atoms with Crippen LogP contribution in [0.3, 0.4) is 0 Å². The van der Waals surface area contributed by atoms with Gasteiger partial charge in [0.15, 0.2) is 0 Å². The van der Waals surface area contributed by atoms with Crippen LogP contribution in [0.4, 0.5) is 0 Å². The van der Waals surface area contributed by atoms with Gasteiger partial charge < -0.3 is 5.11 Å². The Morgan fingerprint density at radius 3 is 2.71 bits per heavy atom. The van der Waals surface area contributed by atoms with E-state index >= 15 is 0 Å². The summed E-state index contributed by atoms with van der Waals surface area (Å²) in [5.41, 5.74) is 0.764. The number of aromatic nitrogens is 1. The molecule has 0 spiro atoms. The van der Waals surface area contributed by atoms with Gasteiger partial charge in [0.05, 0.1) is 11.3 Å². The smallest absolute Gasteiger partial charge is 0.338 e. The van der Waals surface area contributed by atoms with Gasteiger partial charge in [0.25, 0.3) is 0 Å². The van der Waals surface area contributed by atoms with Crippen molar-refractivity contribution < 1.29 is 18.3 Å². The highest BCUT2D eigenvalue weighted by molar-refractivity contribution is 8.00. The number of nitrogens with zero attached hydrogens (tertiary/aromatic N) is 1. The highest BCUT2D eigenvalue weighted by Crippen LogP contribution is 2.22. The number of carboxylic acid groups (broad SMARTS) is 1. The van der Waals surface area contributed by atoms with E-state index in [4.69, 9.17) is 5.11 Å². The summed E-state index contributed by atoms with van der Waals surface area (Å²) in [6, 6.07) is 1.62. The predicted octanol–water partition coefficient (Wildman–Crippen LogP) is 1.22. The molecule has 0 atom stereocenters. The fourth-order valence-corrected chi connectivity index (χ4v) is 3.46. The van der Waals surface area contributed by atoms with Crippen LogP contribution < -0.4 is 0 Å². The van der Waals surface area contributed by atoms with Crippen molar-refractivity contribution in [3.8, 4) is 0 Å². The summed E-state index contributed by atoms with van der Waals surface area (Å²) in [4.78, 5) is 15.0. The largest absolute Gasteiger partial charge is 0.478 e. The van der Waals surface area contributed by atoms with Crippen LogP contribution in [0.15, 0.2) is 17.3 Å². The van der Waals surface area contributed by atoms with Crippen LogP contribution >= 0.6 is 11.8 Å². The molecule has 5 nitrogen and oxygen atoms in total. The van der Waals surface area contributed by atoms with Crippen molar-refractivity contribution in [1.29, 1.82) is 0 Å². The van der Waals surface area contributed by atoms with E-state index < -0.39 is 15.8 Å². The van der Waals surface area contributed by atoms with E-state index in [1.54, 1.807) is 13.0 Å². The molecule has 17 heavy (non-hydrogen) atoms. The molecule has 94 valence electrons. The van der Waals surface area contributed by atoms with E-state index in [2.05, 4.69) is 4.98 Å². The first-order chi connectivity index (χ1) is 7.81. The summed E-state index contributed by atoms with van der Waals surface area (Å²) in [6.45, 7) is 1.69. The number of aromatic carboxylic acids is 1.